The van der Waals surface area contributed by atoms with Gasteiger partial charge in [-0.15, -0.1) is 0 Å². The van der Waals surface area contributed by atoms with Crippen LogP contribution in [0.15, 0.2) is 60.7 Å². The van der Waals surface area contributed by atoms with Crippen LogP contribution in [0.3, 0.4) is 0 Å². The van der Waals surface area contributed by atoms with Gasteiger partial charge in [0, 0.05) is 34.1 Å². The zero-order chi connectivity index (χ0) is 30.9. The van der Waals surface area contributed by atoms with Crippen molar-refractivity contribution in [3.8, 4) is 73.6 Å². The molecule has 5 rings (SSSR count). The average molecular weight is 603 g/mol. The first-order valence-corrected chi connectivity index (χ1v) is 15.5. The van der Waals surface area contributed by atoms with Crippen molar-refractivity contribution >= 4 is 13.2 Å². The molecule has 0 fully saturated rings. The first-order valence-electron chi connectivity index (χ1n) is 14.0. The molecule has 0 saturated heterocycles. The monoisotopic (exact) mass is 602 g/mol. The Labute approximate surface area is 255 Å². The van der Waals surface area contributed by atoms with Crippen LogP contribution in [0.25, 0.3) is 33.4 Å². The quantitative estimate of drug-likeness (QED) is 0.180. The van der Waals surface area contributed by atoms with Crippen LogP contribution in [0.4, 0.5) is 0 Å². The van der Waals surface area contributed by atoms with Crippen LogP contribution in [0.2, 0.25) is 0 Å². The van der Waals surface area contributed by atoms with E-state index in [0.717, 1.165) is 39.1 Å². The molecule has 0 N–H and O–H groups in total. The summed E-state index contributed by atoms with van der Waals surface area (Å²) in [4.78, 5) is 0. The van der Waals surface area contributed by atoms with E-state index < -0.39 is 7.92 Å². The molecule has 0 saturated carbocycles. The number of benzene rings is 4. The van der Waals surface area contributed by atoms with Gasteiger partial charge in [-0.2, -0.15) is 0 Å². The van der Waals surface area contributed by atoms with Crippen LogP contribution >= 0.6 is 7.92 Å². The first-order chi connectivity index (χ1) is 20.7. The van der Waals surface area contributed by atoms with E-state index in [-0.39, 0.29) is 5.16 Å². The standard InChI is InChI=1S/C35H39O7P/c1-35(2,3)43-20-42-30-12-10-11-27(34(30)43)31-32(40-8)28(21-13-23(36-4)17-24(14-21)37-5)19-29(33(31)41-9)22-15-25(38-6)18-26(16-22)39-7/h10-19H,20H2,1-9H3/t43-/m1/s1. The SMILES string of the molecule is COc1cc(OC)cc(-c2cc(-c3cc(OC)cc(OC)c3)c(OC)c(-c3cccc4c3[P@](C(C)(C)C)CO4)c2OC)c1. The van der Waals surface area contributed by atoms with Gasteiger partial charge in [0.2, 0.25) is 0 Å². The van der Waals surface area contributed by atoms with Crippen molar-refractivity contribution in [2.24, 2.45) is 0 Å². The van der Waals surface area contributed by atoms with E-state index in [2.05, 4.69) is 39.0 Å². The van der Waals surface area contributed by atoms with E-state index in [9.17, 15) is 0 Å². The Hall–Kier alpha value is -4.09. The van der Waals surface area contributed by atoms with Crippen LogP contribution in [-0.2, 0) is 0 Å². The zero-order valence-electron chi connectivity index (χ0n) is 26.3. The topological polar surface area (TPSA) is 64.6 Å². The smallest absolute Gasteiger partial charge is 0.138 e. The summed E-state index contributed by atoms with van der Waals surface area (Å²) >= 11 is 0. The van der Waals surface area contributed by atoms with Crippen LogP contribution < -0.4 is 38.5 Å². The van der Waals surface area contributed by atoms with E-state index in [1.165, 1.54) is 5.30 Å². The van der Waals surface area contributed by atoms with Crippen molar-refractivity contribution in [1.29, 1.82) is 0 Å². The van der Waals surface area contributed by atoms with Gasteiger partial charge in [-0.25, -0.2) is 0 Å². The fourth-order valence-electron chi connectivity index (χ4n) is 5.52. The summed E-state index contributed by atoms with van der Waals surface area (Å²) < 4.78 is 41.5. The number of hydrogen-bond donors (Lipinski definition) is 0. The highest BCUT2D eigenvalue weighted by Crippen LogP contribution is 2.59. The van der Waals surface area contributed by atoms with Gasteiger partial charge in [0.1, 0.15) is 46.6 Å². The molecule has 0 unspecified atom stereocenters. The van der Waals surface area contributed by atoms with Crippen LogP contribution in [-0.4, -0.2) is 54.2 Å². The van der Waals surface area contributed by atoms with Gasteiger partial charge < -0.3 is 33.2 Å². The Kier molecular flexibility index (Phi) is 8.66. The minimum absolute atomic E-state index is 0.0257. The summed E-state index contributed by atoms with van der Waals surface area (Å²) in [6.45, 7) is 6.82. The lowest BCUT2D eigenvalue weighted by atomic mass is 9.90. The molecule has 1 atom stereocenters. The Bertz CT molecular complexity index is 1510. The summed E-state index contributed by atoms with van der Waals surface area (Å²) in [6.07, 6.45) is 0.669. The van der Waals surface area contributed by atoms with Gasteiger partial charge in [0.05, 0.1) is 48.2 Å². The van der Waals surface area contributed by atoms with Gasteiger partial charge in [0.25, 0.3) is 0 Å². The minimum Gasteiger partial charge on any atom is -0.497 e. The van der Waals surface area contributed by atoms with E-state index in [1.807, 2.05) is 42.5 Å². The molecule has 1 aliphatic rings. The molecule has 43 heavy (non-hydrogen) atoms. The van der Waals surface area contributed by atoms with E-state index in [4.69, 9.17) is 33.2 Å². The van der Waals surface area contributed by atoms with E-state index >= 15 is 0 Å². The molecule has 8 heteroatoms. The molecule has 7 nitrogen and oxygen atoms in total. The lowest BCUT2D eigenvalue weighted by Gasteiger charge is -2.29. The van der Waals surface area contributed by atoms with Crippen molar-refractivity contribution in [3.05, 3.63) is 60.7 Å². The van der Waals surface area contributed by atoms with Crippen molar-refractivity contribution in [2.45, 2.75) is 25.9 Å². The van der Waals surface area contributed by atoms with Crippen molar-refractivity contribution in [1.82, 2.24) is 0 Å². The molecule has 0 bridgehead atoms. The second-order valence-corrected chi connectivity index (χ2v) is 14.0. The highest BCUT2D eigenvalue weighted by Gasteiger charge is 2.37. The van der Waals surface area contributed by atoms with Crippen molar-refractivity contribution in [3.63, 3.8) is 0 Å². The molecule has 1 aliphatic heterocycles. The third-order valence-electron chi connectivity index (χ3n) is 7.66. The highest BCUT2D eigenvalue weighted by atomic mass is 31.1. The predicted molar refractivity (Wildman–Crippen MR) is 174 cm³/mol. The predicted octanol–water partition coefficient (Wildman–Crippen LogP) is 7.99. The summed E-state index contributed by atoms with van der Waals surface area (Å²) in [5, 5.41) is 1.23. The number of ether oxygens (including phenoxy) is 7. The molecule has 0 radical (unpaired) electrons. The van der Waals surface area contributed by atoms with Gasteiger partial charge in [0.15, 0.2) is 0 Å². The summed E-state index contributed by atoms with van der Waals surface area (Å²) in [5.74, 6) is 4.94. The Morgan fingerprint density at radius 1 is 0.581 bits per heavy atom. The van der Waals surface area contributed by atoms with Gasteiger partial charge in [-0.1, -0.05) is 32.9 Å². The molecular weight excluding hydrogens is 563 g/mol. The molecule has 0 aromatic heterocycles. The van der Waals surface area contributed by atoms with Crippen LogP contribution in [0, 0.1) is 0 Å². The van der Waals surface area contributed by atoms with Crippen LogP contribution in [0.5, 0.6) is 40.2 Å². The number of rotatable bonds is 9. The van der Waals surface area contributed by atoms with Gasteiger partial charge in [-0.3, -0.25) is 0 Å². The molecule has 1 heterocycles. The third kappa shape index (κ3) is 5.66. The van der Waals surface area contributed by atoms with E-state index in [1.54, 1.807) is 42.7 Å². The largest absolute Gasteiger partial charge is 0.497 e. The molecule has 4 aromatic carbocycles. The lowest BCUT2D eigenvalue weighted by molar-refractivity contribution is 0.393. The summed E-state index contributed by atoms with van der Waals surface area (Å²) in [5.41, 5.74) is 5.32. The number of methoxy groups -OCH3 is 6. The lowest BCUT2D eigenvalue weighted by Crippen LogP contribution is -2.19. The van der Waals surface area contributed by atoms with Crippen LogP contribution in [0.1, 0.15) is 20.8 Å². The molecular formula is C35H39O7P. The summed E-state index contributed by atoms with van der Waals surface area (Å²) in [6, 6.07) is 19.9. The second kappa shape index (κ2) is 12.3. The molecule has 226 valence electrons. The van der Waals surface area contributed by atoms with Gasteiger partial charge >= 0.3 is 0 Å². The minimum atomic E-state index is -0.654. The van der Waals surface area contributed by atoms with E-state index in [0.29, 0.717) is 40.8 Å². The fourth-order valence-corrected chi connectivity index (χ4v) is 7.86. The molecule has 0 amide bonds. The second-order valence-electron chi connectivity index (χ2n) is 11.1. The average Bonchev–Trinajstić information content (AvgIpc) is 3.48. The Morgan fingerprint density at radius 2 is 1.05 bits per heavy atom. The van der Waals surface area contributed by atoms with Crippen molar-refractivity contribution in [2.75, 3.05) is 49.0 Å². The highest BCUT2D eigenvalue weighted by molar-refractivity contribution is 7.67. The van der Waals surface area contributed by atoms with Gasteiger partial charge in [-0.05, 0) is 60.6 Å². The number of hydrogen-bond acceptors (Lipinski definition) is 7. The molecule has 0 spiro atoms. The first kappa shape index (κ1) is 30.4. The van der Waals surface area contributed by atoms with Crippen molar-refractivity contribution < 1.29 is 33.2 Å². The maximum atomic E-state index is 6.29. The zero-order valence-corrected chi connectivity index (χ0v) is 27.2. The Morgan fingerprint density at radius 3 is 1.44 bits per heavy atom. The maximum absolute atomic E-state index is 6.29. The normalized spacial score (nSPS) is 14.0. The molecule has 0 aliphatic carbocycles. The Balaban J connectivity index is 1.94. The maximum Gasteiger partial charge on any atom is 0.138 e. The number of fused-ring (bicyclic) bond motifs is 1. The molecule has 4 aromatic rings. The summed E-state index contributed by atoms with van der Waals surface area (Å²) in [7, 11) is 9.31. The fraction of sp³-hybridized carbons (Fsp3) is 0.314. The third-order valence-corrected chi connectivity index (χ3v) is 10.7.